The first-order chi connectivity index (χ1) is 8.31. The molecule has 2 rings (SSSR count). The maximum Gasteiger partial charge on any atom is 0.0418 e. The molecule has 0 radical (unpaired) electrons. The van der Waals surface area contributed by atoms with Crippen LogP contribution >= 0.6 is 11.3 Å². The summed E-state index contributed by atoms with van der Waals surface area (Å²) in [4.78, 5) is 2.88. The molecule has 1 nitrogen and oxygen atoms in total. The van der Waals surface area contributed by atoms with Crippen LogP contribution in [0.2, 0.25) is 0 Å². The van der Waals surface area contributed by atoms with Gasteiger partial charge in [0, 0.05) is 15.8 Å². The van der Waals surface area contributed by atoms with E-state index in [2.05, 4.69) is 19.1 Å². The number of hydrogen-bond acceptors (Lipinski definition) is 2. The van der Waals surface area contributed by atoms with Crippen molar-refractivity contribution in [2.45, 2.75) is 64.3 Å². The molecule has 96 valence electrons. The van der Waals surface area contributed by atoms with E-state index in [1.54, 1.807) is 0 Å². The third-order valence-electron chi connectivity index (χ3n) is 4.02. The third kappa shape index (κ3) is 3.56. The summed E-state index contributed by atoms with van der Waals surface area (Å²) in [6.07, 6.45) is 10.8. The molecule has 2 heteroatoms. The van der Waals surface area contributed by atoms with Crippen molar-refractivity contribution >= 4 is 11.3 Å². The number of hydrogen-bond donors (Lipinski definition) is 1. The van der Waals surface area contributed by atoms with E-state index in [0.29, 0.717) is 6.04 Å². The Morgan fingerprint density at radius 1 is 1.18 bits per heavy atom. The van der Waals surface area contributed by atoms with Crippen molar-refractivity contribution in [2.75, 3.05) is 0 Å². The fourth-order valence-corrected chi connectivity index (χ4v) is 3.89. The third-order valence-corrected chi connectivity index (χ3v) is 5.35. The Kier molecular flexibility index (Phi) is 5.05. The lowest BCUT2D eigenvalue weighted by Crippen LogP contribution is -2.21. The first kappa shape index (κ1) is 13.1. The summed E-state index contributed by atoms with van der Waals surface area (Å²) in [5.74, 6) is 0.721. The molecular formula is C15H25NS. The Labute approximate surface area is 109 Å². The van der Waals surface area contributed by atoms with Gasteiger partial charge in [0.25, 0.3) is 0 Å². The predicted molar refractivity (Wildman–Crippen MR) is 76.4 cm³/mol. The van der Waals surface area contributed by atoms with E-state index in [1.165, 1.54) is 54.7 Å². The first-order valence-corrected chi connectivity index (χ1v) is 7.97. The monoisotopic (exact) mass is 251 g/mol. The van der Waals surface area contributed by atoms with Gasteiger partial charge in [-0.2, -0.15) is 0 Å². The summed E-state index contributed by atoms with van der Waals surface area (Å²) in [7, 11) is 0. The highest BCUT2D eigenvalue weighted by molar-refractivity contribution is 7.12. The highest BCUT2D eigenvalue weighted by atomic mass is 32.1. The molecule has 1 aliphatic carbocycles. The molecule has 1 aromatic heterocycles. The Hall–Kier alpha value is -0.340. The van der Waals surface area contributed by atoms with Gasteiger partial charge < -0.3 is 5.73 Å². The molecule has 1 heterocycles. The van der Waals surface area contributed by atoms with E-state index in [4.69, 9.17) is 5.73 Å². The van der Waals surface area contributed by atoms with Gasteiger partial charge in [-0.25, -0.2) is 0 Å². The van der Waals surface area contributed by atoms with Gasteiger partial charge in [-0.3, -0.25) is 0 Å². The lowest BCUT2D eigenvalue weighted by molar-refractivity contribution is 0.330. The van der Waals surface area contributed by atoms with E-state index in [0.717, 1.165) is 12.3 Å². The molecule has 1 saturated carbocycles. The van der Waals surface area contributed by atoms with Crippen LogP contribution in [0.25, 0.3) is 0 Å². The van der Waals surface area contributed by atoms with E-state index < -0.39 is 0 Å². The van der Waals surface area contributed by atoms with Gasteiger partial charge in [-0.05, 0) is 37.3 Å². The van der Waals surface area contributed by atoms with Gasteiger partial charge in [-0.15, -0.1) is 11.3 Å². The minimum atomic E-state index is 0.290. The van der Waals surface area contributed by atoms with Gasteiger partial charge in [0.2, 0.25) is 0 Å². The summed E-state index contributed by atoms with van der Waals surface area (Å²) >= 11 is 1.92. The Morgan fingerprint density at radius 2 is 1.82 bits per heavy atom. The normalized spacial score (nSPS) is 20.8. The van der Waals surface area contributed by atoms with E-state index >= 15 is 0 Å². The second-order valence-corrected chi connectivity index (χ2v) is 6.49. The maximum atomic E-state index is 6.47. The minimum Gasteiger partial charge on any atom is -0.323 e. The predicted octanol–water partition coefficient (Wildman–Crippen LogP) is 4.67. The second-order valence-electron chi connectivity index (χ2n) is 5.29. The molecule has 1 atom stereocenters. The summed E-state index contributed by atoms with van der Waals surface area (Å²) in [5, 5.41) is 0. The molecule has 2 N–H and O–H groups in total. The smallest absolute Gasteiger partial charge is 0.0418 e. The average Bonchev–Trinajstić information content (AvgIpc) is 2.76. The minimum absolute atomic E-state index is 0.290. The Bertz CT molecular complexity index is 323. The molecular weight excluding hydrogens is 226 g/mol. The highest BCUT2D eigenvalue weighted by Gasteiger charge is 2.21. The van der Waals surface area contributed by atoms with Crippen LogP contribution in [-0.4, -0.2) is 0 Å². The maximum absolute atomic E-state index is 6.47. The van der Waals surface area contributed by atoms with Crippen molar-refractivity contribution in [3.05, 3.63) is 21.9 Å². The van der Waals surface area contributed by atoms with Crippen molar-refractivity contribution in [1.82, 2.24) is 0 Å². The van der Waals surface area contributed by atoms with Crippen LogP contribution in [0, 0.1) is 5.92 Å². The zero-order chi connectivity index (χ0) is 12.1. The molecule has 0 aliphatic heterocycles. The van der Waals surface area contributed by atoms with Crippen LogP contribution in [0.5, 0.6) is 0 Å². The number of rotatable bonds is 3. The molecule has 0 saturated heterocycles. The molecule has 1 aromatic rings. The van der Waals surface area contributed by atoms with Crippen LogP contribution < -0.4 is 5.73 Å². The molecule has 0 bridgehead atoms. The zero-order valence-electron chi connectivity index (χ0n) is 11.0. The van der Waals surface area contributed by atoms with E-state index in [9.17, 15) is 0 Å². The number of aryl methyl sites for hydroxylation is 1. The van der Waals surface area contributed by atoms with Crippen LogP contribution in [0.4, 0.5) is 0 Å². The molecule has 0 aromatic carbocycles. The largest absolute Gasteiger partial charge is 0.323 e. The lowest BCUT2D eigenvalue weighted by atomic mass is 9.85. The highest BCUT2D eigenvalue weighted by Crippen LogP contribution is 2.34. The Balaban J connectivity index is 1.98. The van der Waals surface area contributed by atoms with Crippen LogP contribution in [0.1, 0.15) is 67.7 Å². The van der Waals surface area contributed by atoms with Gasteiger partial charge in [0.15, 0.2) is 0 Å². The fraction of sp³-hybridized carbons (Fsp3) is 0.733. The average molecular weight is 251 g/mol. The van der Waals surface area contributed by atoms with Crippen molar-refractivity contribution in [3.63, 3.8) is 0 Å². The quantitative estimate of drug-likeness (QED) is 0.830. The first-order valence-electron chi connectivity index (χ1n) is 7.15. The molecule has 1 aliphatic rings. The number of nitrogens with two attached hydrogens (primary N) is 1. The second kappa shape index (κ2) is 6.55. The molecule has 0 amide bonds. The van der Waals surface area contributed by atoms with Crippen molar-refractivity contribution in [1.29, 1.82) is 0 Å². The summed E-state index contributed by atoms with van der Waals surface area (Å²) in [6, 6.07) is 4.80. The topological polar surface area (TPSA) is 26.0 Å². The Morgan fingerprint density at radius 3 is 2.41 bits per heavy atom. The van der Waals surface area contributed by atoms with Crippen LogP contribution in [0.3, 0.4) is 0 Å². The van der Waals surface area contributed by atoms with Gasteiger partial charge in [0.1, 0.15) is 0 Å². The SMILES string of the molecule is CCc1ccc(C(N)C2CCCCCCC2)s1. The number of thiophene rings is 1. The zero-order valence-corrected chi connectivity index (χ0v) is 11.8. The van der Waals surface area contributed by atoms with E-state index in [-0.39, 0.29) is 0 Å². The van der Waals surface area contributed by atoms with Gasteiger partial charge in [-0.1, -0.05) is 39.0 Å². The van der Waals surface area contributed by atoms with Gasteiger partial charge in [0.05, 0.1) is 0 Å². The van der Waals surface area contributed by atoms with Gasteiger partial charge >= 0.3 is 0 Å². The van der Waals surface area contributed by atoms with Crippen LogP contribution in [-0.2, 0) is 6.42 Å². The molecule has 0 spiro atoms. The van der Waals surface area contributed by atoms with Crippen LogP contribution in [0.15, 0.2) is 12.1 Å². The summed E-state index contributed by atoms with van der Waals surface area (Å²) in [5.41, 5.74) is 6.47. The van der Waals surface area contributed by atoms with Crippen molar-refractivity contribution in [2.24, 2.45) is 11.7 Å². The lowest BCUT2D eigenvalue weighted by Gasteiger charge is -2.25. The van der Waals surface area contributed by atoms with Crippen molar-refractivity contribution < 1.29 is 0 Å². The standard InChI is InChI=1S/C15H25NS/c1-2-13-10-11-14(17-13)15(16)12-8-6-4-3-5-7-9-12/h10-12,15H,2-9,16H2,1H3. The molecule has 1 unspecified atom stereocenters. The summed E-state index contributed by atoms with van der Waals surface area (Å²) < 4.78 is 0. The molecule has 1 fully saturated rings. The van der Waals surface area contributed by atoms with Crippen molar-refractivity contribution in [3.8, 4) is 0 Å². The fourth-order valence-electron chi connectivity index (χ4n) is 2.84. The van der Waals surface area contributed by atoms with E-state index in [1.807, 2.05) is 11.3 Å². The summed E-state index contributed by atoms with van der Waals surface area (Å²) in [6.45, 7) is 2.22. The molecule has 17 heavy (non-hydrogen) atoms.